The molecule has 7 atom stereocenters. The topological polar surface area (TPSA) is 65.0 Å². The molecule has 3 unspecified atom stereocenters. The molecule has 0 amide bonds. The van der Waals surface area contributed by atoms with E-state index in [-0.39, 0.29) is 24.3 Å². The summed E-state index contributed by atoms with van der Waals surface area (Å²) in [6, 6.07) is 0. The number of rotatable bonds is 12. The van der Waals surface area contributed by atoms with Crippen LogP contribution in [-0.2, 0) is 19.0 Å². The lowest BCUT2D eigenvalue weighted by molar-refractivity contribution is -0.192. The van der Waals surface area contributed by atoms with Crippen LogP contribution in [0.4, 0.5) is 4.39 Å². The fourth-order valence-corrected chi connectivity index (χ4v) is 5.28. The van der Waals surface area contributed by atoms with Crippen molar-refractivity contribution >= 4 is 5.97 Å². The third-order valence-electron chi connectivity index (χ3n) is 7.15. The third kappa shape index (κ3) is 7.76. The smallest absolute Gasteiger partial charge is 0.305 e. The fraction of sp³-hybridized carbons (Fsp3) is 0.741. The number of unbranched alkanes of at least 4 members (excludes halogenated alkanes) is 1. The molecule has 1 N–H and O–H groups in total. The molecule has 2 aliphatic carbocycles. The van der Waals surface area contributed by atoms with Gasteiger partial charge in [-0.15, -0.1) is 0 Å². The number of halogens is 1. The van der Waals surface area contributed by atoms with Gasteiger partial charge in [0, 0.05) is 18.9 Å². The maximum atomic E-state index is 14.3. The maximum absolute atomic E-state index is 14.3. The van der Waals surface area contributed by atoms with Crippen molar-refractivity contribution < 1.29 is 28.5 Å². The summed E-state index contributed by atoms with van der Waals surface area (Å²) in [5.41, 5.74) is 1.27. The molecule has 6 heteroatoms. The van der Waals surface area contributed by atoms with Crippen LogP contribution in [0.3, 0.4) is 0 Å². The van der Waals surface area contributed by atoms with Crippen LogP contribution in [0.2, 0.25) is 0 Å². The standard InChI is InChI=1S/C27H41FO5/c1-3-4-10-23(28)24(29)14-13-21-22-17-19(9-5-6-11-26(30)31-2)16-20(22)18-25(21)33-27-12-7-8-15-32-27/h5,9,13-14,16,20-25,27,29H,3-4,6-8,10-12,15,17-18H2,1-2H3/b9-5?,14-13+/t20-,21+,22-,23?,24?,25+,27?/m0/s1. The molecule has 0 aromatic rings. The maximum Gasteiger partial charge on any atom is 0.305 e. The Balaban J connectivity index is 1.63. The van der Waals surface area contributed by atoms with Crippen molar-refractivity contribution in [1.29, 1.82) is 0 Å². The highest BCUT2D eigenvalue weighted by Crippen LogP contribution is 2.49. The number of ether oxygens (including phenoxy) is 3. The van der Waals surface area contributed by atoms with Gasteiger partial charge < -0.3 is 19.3 Å². The molecule has 3 rings (SSSR count). The Morgan fingerprint density at radius 1 is 1.39 bits per heavy atom. The number of methoxy groups -OCH3 is 1. The zero-order valence-electron chi connectivity index (χ0n) is 20.2. The van der Waals surface area contributed by atoms with E-state index in [1.807, 2.05) is 19.1 Å². The fourth-order valence-electron chi connectivity index (χ4n) is 5.28. The Labute approximate surface area is 198 Å². The van der Waals surface area contributed by atoms with Gasteiger partial charge in [0.25, 0.3) is 0 Å². The molecule has 0 spiro atoms. The Hall–Kier alpha value is -1.50. The van der Waals surface area contributed by atoms with Crippen LogP contribution in [0.1, 0.15) is 71.1 Å². The summed E-state index contributed by atoms with van der Waals surface area (Å²) < 4.78 is 31.2. The van der Waals surface area contributed by atoms with E-state index < -0.39 is 12.3 Å². The molecule has 33 heavy (non-hydrogen) atoms. The molecule has 186 valence electrons. The van der Waals surface area contributed by atoms with Crippen molar-refractivity contribution in [3.63, 3.8) is 0 Å². The number of hydrogen-bond donors (Lipinski definition) is 1. The first-order valence-corrected chi connectivity index (χ1v) is 12.7. The molecular formula is C27H41FO5. The lowest BCUT2D eigenvalue weighted by Gasteiger charge is -2.29. The van der Waals surface area contributed by atoms with Crippen LogP contribution < -0.4 is 0 Å². The largest absolute Gasteiger partial charge is 0.469 e. The van der Waals surface area contributed by atoms with Gasteiger partial charge in [-0.1, -0.05) is 55.7 Å². The van der Waals surface area contributed by atoms with Gasteiger partial charge in [-0.25, -0.2) is 4.39 Å². The van der Waals surface area contributed by atoms with E-state index >= 15 is 0 Å². The highest BCUT2D eigenvalue weighted by atomic mass is 19.1. The van der Waals surface area contributed by atoms with Crippen molar-refractivity contribution in [2.24, 2.45) is 17.8 Å². The number of carbonyl (C=O) groups excluding carboxylic acids is 1. The van der Waals surface area contributed by atoms with Crippen LogP contribution in [-0.4, -0.2) is 49.5 Å². The summed E-state index contributed by atoms with van der Waals surface area (Å²) >= 11 is 0. The molecule has 2 fully saturated rings. The lowest BCUT2D eigenvalue weighted by Crippen LogP contribution is -2.31. The van der Waals surface area contributed by atoms with Crippen molar-refractivity contribution in [2.45, 2.75) is 95.8 Å². The molecule has 0 aromatic heterocycles. The number of esters is 1. The van der Waals surface area contributed by atoms with Crippen LogP contribution in [0.5, 0.6) is 0 Å². The van der Waals surface area contributed by atoms with Crippen LogP contribution >= 0.6 is 0 Å². The summed E-state index contributed by atoms with van der Waals surface area (Å²) in [5.74, 6) is 0.685. The van der Waals surface area contributed by atoms with Gasteiger partial charge >= 0.3 is 5.97 Å². The van der Waals surface area contributed by atoms with Gasteiger partial charge in [0.15, 0.2) is 6.29 Å². The van der Waals surface area contributed by atoms with Crippen molar-refractivity contribution in [1.82, 2.24) is 0 Å². The molecule has 1 aliphatic heterocycles. The Morgan fingerprint density at radius 3 is 2.97 bits per heavy atom. The van der Waals surface area contributed by atoms with Crippen molar-refractivity contribution in [2.75, 3.05) is 13.7 Å². The molecule has 0 bridgehead atoms. The second-order valence-electron chi connectivity index (χ2n) is 9.61. The van der Waals surface area contributed by atoms with E-state index in [2.05, 4.69) is 16.9 Å². The normalized spacial score (nSPS) is 31.6. The third-order valence-corrected chi connectivity index (χ3v) is 7.15. The van der Waals surface area contributed by atoms with Gasteiger partial charge in [0.1, 0.15) is 12.3 Å². The summed E-state index contributed by atoms with van der Waals surface area (Å²) in [7, 11) is 1.41. The number of carbonyl (C=O) groups is 1. The minimum Gasteiger partial charge on any atom is -0.469 e. The molecule has 3 aliphatic rings. The summed E-state index contributed by atoms with van der Waals surface area (Å²) in [4.78, 5) is 11.3. The molecule has 0 radical (unpaired) electrons. The van der Waals surface area contributed by atoms with Crippen molar-refractivity contribution in [3.8, 4) is 0 Å². The van der Waals surface area contributed by atoms with Gasteiger partial charge in [-0.05, 0) is 56.8 Å². The van der Waals surface area contributed by atoms with E-state index in [0.717, 1.165) is 51.6 Å². The number of fused-ring (bicyclic) bond motifs is 1. The molecule has 1 heterocycles. The average Bonchev–Trinajstić information content (AvgIpc) is 3.36. The number of hydrogen-bond acceptors (Lipinski definition) is 5. The molecule has 1 saturated carbocycles. The zero-order chi connectivity index (χ0) is 23.6. The first-order valence-electron chi connectivity index (χ1n) is 12.7. The quantitative estimate of drug-likeness (QED) is 0.308. The van der Waals surface area contributed by atoms with E-state index in [9.17, 15) is 14.3 Å². The minimum atomic E-state index is -1.23. The second-order valence-corrected chi connectivity index (χ2v) is 9.61. The molecular weight excluding hydrogens is 423 g/mol. The number of aliphatic hydroxyl groups is 1. The number of alkyl halides is 1. The first kappa shape index (κ1) is 26.1. The lowest BCUT2D eigenvalue weighted by atomic mass is 9.88. The van der Waals surface area contributed by atoms with Crippen LogP contribution in [0, 0.1) is 17.8 Å². The number of aliphatic hydroxyl groups excluding tert-OH is 1. The van der Waals surface area contributed by atoms with Gasteiger partial charge in [-0.2, -0.15) is 0 Å². The van der Waals surface area contributed by atoms with E-state index in [1.54, 1.807) is 6.08 Å². The molecule has 5 nitrogen and oxygen atoms in total. The number of allylic oxidation sites excluding steroid dienone is 4. The van der Waals surface area contributed by atoms with E-state index in [4.69, 9.17) is 9.47 Å². The Bertz CT molecular complexity index is 697. The SMILES string of the molecule is CCCCC(F)C(O)/C=C/[C@@H]1[C@H]2CC(C=CCCC(=O)OC)=C[C@H]2C[C@H]1OC1CCCCO1. The predicted octanol–water partition coefficient (Wildman–Crippen LogP) is 5.44. The summed E-state index contributed by atoms with van der Waals surface area (Å²) in [6.07, 6.45) is 15.7. The monoisotopic (exact) mass is 464 g/mol. The highest BCUT2D eigenvalue weighted by molar-refractivity contribution is 5.69. The highest BCUT2D eigenvalue weighted by Gasteiger charge is 2.45. The van der Waals surface area contributed by atoms with Gasteiger partial charge in [-0.3, -0.25) is 4.79 Å². The van der Waals surface area contributed by atoms with Crippen LogP contribution in [0.15, 0.2) is 36.0 Å². The minimum absolute atomic E-state index is 0.0151. The molecule has 0 aromatic carbocycles. The second kappa shape index (κ2) is 13.4. The van der Waals surface area contributed by atoms with E-state index in [0.29, 0.717) is 31.1 Å². The average molecular weight is 465 g/mol. The van der Waals surface area contributed by atoms with Crippen LogP contribution in [0.25, 0.3) is 0 Å². The molecule has 1 saturated heterocycles. The summed E-state index contributed by atoms with van der Waals surface area (Å²) in [5, 5.41) is 10.3. The first-order chi connectivity index (χ1) is 16.0. The van der Waals surface area contributed by atoms with Gasteiger partial charge in [0.2, 0.25) is 0 Å². The zero-order valence-corrected chi connectivity index (χ0v) is 20.2. The Kier molecular flexibility index (Phi) is 10.6. The Morgan fingerprint density at radius 2 is 2.24 bits per heavy atom. The summed E-state index contributed by atoms with van der Waals surface area (Å²) in [6.45, 7) is 2.77. The predicted molar refractivity (Wildman–Crippen MR) is 126 cm³/mol. The van der Waals surface area contributed by atoms with E-state index in [1.165, 1.54) is 12.7 Å². The van der Waals surface area contributed by atoms with Crippen molar-refractivity contribution in [3.05, 3.63) is 36.0 Å². The van der Waals surface area contributed by atoms with Gasteiger partial charge in [0.05, 0.1) is 13.2 Å².